The molecule has 4 nitrogen and oxygen atoms in total. The Morgan fingerprint density at radius 3 is 2.24 bits per heavy atom. The van der Waals surface area contributed by atoms with Gasteiger partial charge in [0.25, 0.3) is 6.43 Å². The van der Waals surface area contributed by atoms with Crippen molar-refractivity contribution in [2.75, 3.05) is 0 Å². The number of hydrogen-bond donors (Lipinski definition) is 3. The Hall–Kier alpha value is -1.53. The van der Waals surface area contributed by atoms with Crippen molar-refractivity contribution in [3.8, 4) is 0 Å². The van der Waals surface area contributed by atoms with Gasteiger partial charge in [0.1, 0.15) is 6.10 Å². The number of aliphatic hydroxyl groups excluding tert-OH is 2. The summed E-state index contributed by atoms with van der Waals surface area (Å²) in [5.41, 5.74) is 4.38. The molecule has 2 unspecified atom stereocenters. The summed E-state index contributed by atoms with van der Waals surface area (Å²) in [6.07, 6.45) is -6.31. The predicted octanol–water partition coefficient (Wildman–Crippen LogP) is 0.894. The van der Waals surface area contributed by atoms with Gasteiger partial charge in [-0.15, -0.1) is 0 Å². The van der Waals surface area contributed by atoms with Crippen LogP contribution in [0.15, 0.2) is 24.3 Å². The summed E-state index contributed by atoms with van der Waals surface area (Å²) in [5, 5.41) is 19.1. The highest BCUT2D eigenvalue weighted by molar-refractivity contribution is 5.74. The second kappa shape index (κ2) is 5.70. The van der Waals surface area contributed by atoms with E-state index in [0.29, 0.717) is 0 Å². The van der Waals surface area contributed by atoms with Gasteiger partial charge in [-0.1, -0.05) is 24.3 Å². The average molecular weight is 245 g/mol. The molecule has 0 aliphatic heterocycles. The lowest BCUT2D eigenvalue weighted by Crippen LogP contribution is -2.26. The van der Waals surface area contributed by atoms with E-state index in [9.17, 15) is 23.8 Å². The Kier molecular flexibility index (Phi) is 4.53. The number of amides is 1. The lowest BCUT2D eigenvalue weighted by atomic mass is 9.97. The lowest BCUT2D eigenvalue weighted by Gasteiger charge is -2.19. The third-order valence-corrected chi connectivity index (χ3v) is 2.32. The van der Waals surface area contributed by atoms with Gasteiger partial charge in [0.05, 0.1) is 12.5 Å². The van der Waals surface area contributed by atoms with Crippen LogP contribution in [0.3, 0.4) is 0 Å². The molecule has 0 aliphatic carbocycles. The number of carbonyl (C=O) groups is 1. The molecule has 0 aromatic heterocycles. The van der Waals surface area contributed by atoms with Gasteiger partial charge >= 0.3 is 0 Å². The van der Waals surface area contributed by atoms with Crippen LogP contribution in [0.5, 0.6) is 0 Å². The number of benzene rings is 1. The van der Waals surface area contributed by atoms with Gasteiger partial charge in [-0.05, 0) is 5.56 Å². The minimum absolute atomic E-state index is 0.101. The Morgan fingerprint density at radius 2 is 1.76 bits per heavy atom. The highest BCUT2D eigenvalue weighted by atomic mass is 19.3. The fourth-order valence-electron chi connectivity index (χ4n) is 1.50. The summed E-state index contributed by atoms with van der Waals surface area (Å²) in [5.74, 6) is -0.814. The molecule has 1 aromatic carbocycles. The first-order valence-corrected chi connectivity index (χ1v) is 4.95. The highest BCUT2D eigenvalue weighted by Crippen LogP contribution is 2.29. The summed E-state index contributed by atoms with van der Waals surface area (Å²) < 4.78 is 25.3. The molecule has 0 saturated heterocycles. The van der Waals surface area contributed by atoms with Gasteiger partial charge in [0, 0.05) is 5.56 Å². The van der Waals surface area contributed by atoms with Crippen LogP contribution in [0.2, 0.25) is 0 Å². The van der Waals surface area contributed by atoms with Gasteiger partial charge in [0.2, 0.25) is 5.91 Å². The minimum Gasteiger partial charge on any atom is -0.390 e. The van der Waals surface area contributed by atoms with Gasteiger partial charge < -0.3 is 15.9 Å². The van der Waals surface area contributed by atoms with Crippen molar-refractivity contribution in [2.45, 2.75) is 25.1 Å². The molecule has 94 valence electrons. The molecule has 2 atom stereocenters. The molecule has 0 saturated carbocycles. The normalized spacial score (nSPS) is 14.6. The summed E-state index contributed by atoms with van der Waals surface area (Å²) >= 11 is 0. The van der Waals surface area contributed by atoms with Crippen LogP contribution in [-0.4, -0.2) is 22.2 Å². The lowest BCUT2D eigenvalue weighted by molar-refractivity contribution is -0.121. The second-order valence-corrected chi connectivity index (χ2v) is 3.61. The molecule has 1 rings (SSSR count). The fraction of sp³-hybridized carbons (Fsp3) is 0.364. The smallest absolute Gasteiger partial charge is 0.264 e. The Balaban J connectivity index is 2.95. The van der Waals surface area contributed by atoms with Crippen LogP contribution in [0.1, 0.15) is 30.1 Å². The monoisotopic (exact) mass is 245 g/mol. The van der Waals surface area contributed by atoms with E-state index in [1.165, 1.54) is 18.2 Å². The highest BCUT2D eigenvalue weighted by Gasteiger charge is 2.25. The quantitative estimate of drug-likeness (QED) is 0.720. The van der Waals surface area contributed by atoms with E-state index >= 15 is 0 Å². The Labute approximate surface area is 96.7 Å². The first-order valence-electron chi connectivity index (χ1n) is 4.95. The van der Waals surface area contributed by atoms with Crippen molar-refractivity contribution in [1.29, 1.82) is 0 Å². The van der Waals surface area contributed by atoms with Crippen LogP contribution in [-0.2, 0) is 4.79 Å². The number of nitrogens with two attached hydrogens (primary N) is 1. The van der Waals surface area contributed by atoms with Crippen LogP contribution in [0.25, 0.3) is 0 Å². The van der Waals surface area contributed by atoms with Crippen molar-refractivity contribution in [3.63, 3.8) is 0 Å². The standard InChI is InChI=1S/C11H13F2NO3/c12-11(13)7-4-2-1-3-6(7)10(17)8(15)5-9(14)16/h1-4,8,10-11,15,17H,5H2,(H2,14,16). The second-order valence-electron chi connectivity index (χ2n) is 3.61. The number of rotatable bonds is 5. The molecule has 1 aromatic rings. The van der Waals surface area contributed by atoms with Crippen molar-refractivity contribution >= 4 is 5.91 Å². The van der Waals surface area contributed by atoms with Crippen LogP contribution in [0, 0.1) is 0 Å². The summed E-state index contributed by atoms with van der Waals surface area (Å²) in [4.78, 5) is 10.6. The number of halogens is 2. The van der Waals surface area contributed by atoms with Crippen molar-refractivity contribution in [2.24, 2.45) is 5.73 Å². The van der Waals surface area contributed by atoms with E-state index in [1.54, 1.807) is 0 Å². The van der Waals surface area contributed by atoms with Crippen molar-refractivity contribution in [3.05, 3.63) is 35.4 Å². The predicted molar refractivity (Wildman–Crippen MR) is 56.2 cm³/mol. The van der Waals surface area contributed by atoms with Crippen LogP contribution >= 0.6 is 0 Å². The van der Waals surface area contributed by atoms with Gasteiger partial charge in [-0.2, -0.15) is 0 Å². The topological polar surface area (TPSA) is 83.6 Å². The number of alkyl halides is 2. The van der Waals surface area contributed by atoms with E-state index in [2.05, 4.69) is 0 Å². The largest absolute Gasteiger partial charge is 0.390 e. The van der Waals surface area contributed by atoms with Crippen LogP contribution in [0.4, 0.5) is 8.78 Å². The fourth-order valence-corrected chi connectivity index (χ4v) is 1.50. The van der Waals surface area contributed by atoms with Gasteiger partial charge in [0.15, 0.2) is 0 Å². The Morgan fingerprint density at radius 1 is 1.24 bits per heavy atom. The third-order valence-electron chi connectivity index (χ3n) is 2.32. The number of carbonyl (C=O) groups excluding carboxylic acids is 1. The molecular formula is C11H13F2NO3. The molecule has 0 heterocycles. The average Bonchev–Trinajstić information content (AvgIpc) is 2.27. The number of primary amides is 1. The molecular weight excluding hydrogens is 232 g/mol. The zero-order valence-corrected chi connectivity index (χ0v) is 8.88. The molecule has 0 aliphatic rings. The minimum atomic E-state index is -2.76. The maximum atomic E-state index is 12.6. The molecule has 0 fully saturated rings. The zero-order valence-electron chi connectivity index (χ0n) is 8.88. The van der Waals surface area contributed by atoms with Crippen LogP contribution < -0.4 is 5.73 Å². The maximum Gasteiger partial charge on any atom is 0.264 e. The zero-order chi connectivity index (χ0) is 13.0. The molecule has 6 heteroatoms. The number of hydrogen-bond acceptors (Lipinski definition) is 3. The number of aliphatic hydroxyl groups is 2. The summed E-state index contributed by atoms with van der Waals surface area (Å²) in [7, 11) is 0. The molecule has 0 radical (unpaired) electrons. The van der Waals surface area contributed by atoms with Crippen molar-refractivity contribution < 1.29 is 23.8 Å². The first-order chi connectivity index (χ1) is 7.93. The third kappa shape index (κ3) is 3.47. The van der Waals surface area contributed by atoms with E-state index in [0.717, 1.165) is 6.07 Å². The van der Waals surface area contributed by atoms with Gasteiger partial charge in [-0.3, -0.25) is 4.79 Å². The van der Waals surface area contributed by atoms with Crippen molar-refractivity contribution in [1.82, 2.24) is 0 Å². The molecule has 0 bridgehead atoms. The van der Waals surface area contributed by atoms with E-state index < -0.39 is 31.0 Å². The maximum absolute atomic E-state index is 12.6. The van der Waals surface area contributed by atoms with E-state index in [1.807, 2.05) is 0 Å². The molecule has 1 amide bonds. The summed E-state index contributed by atoms with van der Waals surface area (Å²) in [6, 6.07) is 5.29. The molecule has 4 N–H and O–H groups in total. The van der Waals surface area contributed by atoms with E-state index in [-0.39, 0.29) is 11.1 Å². The molecule has 0 spiro atoms. The van der Waals surface area contributed by atoms with Gasteiger partial charge in [-0.25, -0.2) is 8.78 Å². The Bertz CT molecular complexity index is 398. The van der Waals surface area contributed by atoms with E-state index in [4.69, 9.17) is 5.73 Å². The SMILES string of the molecule is NC(=O)CC(O)C(O)c1ccccc1C(F)F. The molecule has 17 heavy (non-hydrogen) atoms. The summed E-state index contributed by atoms with van der Waals surface area (Å²) in [6.45, 7) is 0. The first kappa shape index (κ1) is 13.5.